The number of carbonyl (C=O) groups is 1. The van der Waals surface area contributed by atoms with Gasteiger partial charge in [0.05, 0.1) is 10.6 Å². The largest absolute Gasteiger partial charge is 0.321 e. The summed E-state index contributed by atoms with van der Waals surface area (Å²) in [6.07, 6.45) is 2.38. The number of rotatable bonds is 6. The van der Waals surface area contributed by atoms with Crippen LogP contribution in [0, 0.1) is 20.8 Å². The summed E-state index contributed by atoms with van der Waals surface area (Å²) in [7, 11) is -3.77. The van der Waals surface area contributed by atoms with E-state index in [1.54, 1.807) is 29.6 Å². The highest BCUT2D eigenvalue weighted by Crippen LogP contribution is 2.45. The third-order valence-corrected chi connectivity index (χ3v) is 7.72. The molecule has 0 bridgehead atoms. The Morgan fingerprint density at radius 3 is 2.40 bits per heavy atom. The topological polar surface area (TPSA) is 75.3 Å². The van der Waals surface area contributed by atoms with Gasteiger partial charge in [-0.25, -0.2) is 8.42 Å². The first-order valence-corrected chi connectivity index (χ1v) is 12.2. The summed E-state index contributed by atoms with van der Waals surface area (Å²) in [6.45, 7) is 6.16. The molecule has 1 heterocycles. The Labute approximate surface area is 181 Å². The van der Waals surface area contributed by atoms with Gasteiger partial charge in [-0.05, 0) is 85.4 Å². The molecule has 0 aliphatic heterocycles. The highest BCUT2D eigenvalue weighted by Gasteiger charge is 2.29. The van der Waals surface area contributed by atoms with Crippen LogP contribution in [-0.2, 0) is 10.0 Å². The number of nitrogens with one attached hydrogen (secondary N) is 2. The van der Waals surface area contributed by atoms with E-state index in [-0.39, 0.29) is 16.5 Å². The number of sulfonamides is 1. The molecule has 0 saturated heterocycles. The molecule has 2 N–H and O–H groups in total. The monoisotopic (exact) mass is 440 g/mol. The minimum absolute atomic E-state index is 0.154. The van der Waals surface area contributed by atoms with Crippen LogP contribution in [0.1, 0.15) is 50.7 Å². The Kier molecular flexibility index (Phi) is 5.42. The van der Waals surface area contributed by atoms with E-state index < -0.39 is 10.0 Å². The van der Waals surface area contributed by atoms with Crippen molar-refractivity contribution in [2.45, 2.75) is 44.4 Å². The molecule has 0 spiro atoms. The van der Waals surface area contributed by atoms with E-state index in [1.165, 1.54) is 47.4 Å². The zero-order chi connectivity index (χ0) is 21.5. The fraction of sp³-hybridized carbons (Fsp3) is 0.261. The van der Waals surface area contributed by atoms with Crippen LogP contribution in [0.5, 0.6) is 0 Å². The second kappa shape index (κ2) is 7.89. The molecule has 3 aromatic rings. The van der Waals surface area contributed by atoms with Gasteiger partial charge in [0.25, 0.3) is 15.9 Å². The number of benzene rings is 2. The fourth-order valence-corrected chi connectivity index (χ4v) is 5.83. The van der Waals surface area contributed by atoms with E-state index in [0.29, 0.717) is 10.8 Å². The number of thiophene rings is 1. The molecule has 1 aliphatic carbocycles. The van der Waals surface area contributed by atoms with Crippen LogP contribution >= 0.6 is 11.3 Å². The Morgan fingerprint density at radius 2 is 1.73 bits per heavy atom. The molecule has 1 amide bonds. The molecule has 2 aromatic carbocycles. The van der Waals surface area contributed by atoms with Crippen molar-refractivity contribution >= 4 is 38.6 Å². The average molecular weight is 441 g/mol. The minimum atomic E-state index is -3.77. The molecule has 1 aliphatic rings. The molecular formula is C23H24N2O3S2. The van der Waals surface area contributed by atoms with E-state index in [2.05, 4.69) is 30.0 Å². The van der Waals surface area contributed by atoms with Crippen molar-refractivity contribution in [1.29, 1.82) is 0 Å². The number of hydrogen-bond donors (Lipinski definition) is 2. The van der Waals surface area contributed by atoms with Crippen LogP contribution in [0.15, 0.2) is 52.7 Å². The Hall–Kier alpha value is -2.64. The summed E-state index contributed by atoms with van der Waals surface area (Å²) in [4.78, 5) is 13.6. The average Bonchev–Trinajstić information content (AvgIpc) is 3.43. The zero-order valence-corrected chi connectivity index (χ0v) is 18.8. The van der Waals surface area contributed by atoms with Gasteiger partial charge in [0.15, 0.2) is 0 Å². The lowest BCUT2D eigenvalue weighted by Gasteiger charge is -2.18. The third-order valence-electron chi connectivity index (χ3n) is 5.42. The molecule has 5 nitrogen and oxygen atoms in total. The number of aryl methyl sites for hydroxylation is 2. The van der Waals surface area contributed by atoms with Crippen LogP contribution < -0.4 is 10.0 Å². The van der Waals surface area contributed by atoms with Crippen LogP contribution in [0.3, 0.4) is 0 Å². The van der Waals surface area contributed by atoms with Gasteiger partial charge in [0.2, 0.25) is 0 Å². The van der Waals surface area contributed by atoms with Crippen molar-refractivity contribution in [1.82, 2.24) is 0 Å². The fourth-order valence-electron chi connectivity index (χ4n) is 3.93. The van der Waals surface area contributed by atoms with Gasteiger partial charge >= 0.3 is 0 Å². The number of amides is 1. The maximum atomic E-state index is 13.1. The molecule has 0 radical (unpaired) electrons. The van der Waals surface area contributed by atoms with Gasteiger partial charge in [-0.3, -0.25) is 9.52 Å². The maximum absolute atomic E-state index is 13.1. The van der Waals surface area contributed by atoms with Crippen molar-refractivity contribution < 1.29 is 13.2 Å². The quantitative estimate of drug-likeness (QED) is 0.524. The summed E-state index contributed by atoms with van der Waals surface area (Å²) in [5, 5.41) is 4.74. The van der Waals surface area contributed by atoms with Crippen LogP contribution in [0.25, 0.3) is 0 Å². The van der Waals surface area contributed by atoms with Crippen molar-refractivity contribution in [3.63, 3.8) is 0 Å². The van der Waals surface area contributed by atoms with Crippen molar-refractivity contribution in [2.75, 3.05) is 10.0 Å². The Balaban J connectivity index is 1.61. The second-order valence-corrected chi connectivity index (χ2v) is 10.3. The van der Waals surface area contributed by atoms with Gasteiger partial charge < -0.3 is 5.32 Å². The highest BCUT2D eigenvalue weighted by atomic mass is 32.2. The van der Waals surface area contributed by atoms with E-state index in [0.717, 1.165) is 16.8 Å². The highest BCUT2D eigenvalue weighted by molar-refractivity contribution is 7.92. The summed E-state index contributed by atoms with van der Waals surface area (Å²) in [5.74, 6) is 0.267. The summed E-state index contributed by atoms with van der Waals surface area (Å²) in [6, 6.07) is 11.9. The Bertz CT molecular complexity index is 1210. The van der Waals surface area contributed by atoms with Gasteiger partial charge in [0.1, 0.15) is 4.88 Å². The predicted octanol–water partition coefficient (Wildman–Crippen LogP) is 5.60. The first-order chi connectivity index (χ1) is 14.3. The van der Waals surface area contributed by atoms with Gasteiger partial charge in [-0.15, -0.1) is 11.3 Å². The molecule has 0 atom stereocenters. The molecule has 30 heavy (non-hydrogen) atoms. The summed E-state index contributed by atoms with van der Waals surface area (Å²) >= 11 is 1.21. The van der Waals surface area contributed by atoms with Gasteiger partial charge in [0, 0.05) is 5.69 Å². The zero-order valence-electron chi connectivity index (χ0n) is 17.2. The van der Waals surface area contributed by atoms with Gasteiger partial charge in [-0.2, -0.15) is 0 Å². The van der Waals surface area contributed by atoms with Crippen molar-refractivity contribution in [3.8, 4) is 0 Å². The van der Waals surface area contributed by atoms with Crippen molar-refractivity contribution in [2.24, 2.45) is 0 Å². The van der Waals surface area contributed by atoms with Crippen LogP contribution in [0.4, 0.5) is 11.4 Å². The number of carbonyl (C=O) groups excluding carboxylic acids is 1. The molecule has 4 rings (SSSR count). The van der Waals surface area contributed by atoms with Crippen molar-refractivity contribution in [3.05, 3.63) is 75.0 Å². The summed E-state index contributed by atoms with van der Waals surface area (Å²) < 4.78 is 27.9. The molecule has 0 unspecified atom stereocenters. The number of hydrogen-bond acceptors (Lipinski definition) is 4. The van der Waals surface area contributed by atoms with E-state index in [9.17, 15) is 13.2 Å². The smallest absolute Gasteiger partial charge is 0.267 e. The molecule has 1 aromatic heterocycles. The van der Waals surface area contributed by atoms with Gasteiger partial charge in [-0.1, -0.05) is 24.3 Å². The molecular weight excluding hydrogens is 416 g/mol. The first kappa shape index (κ1) is 20.6. The standard InChI is InChI=1S/C23H24N2O3S2/c1-14-13-15(2)21(16(3)20(14)17-9-10-17)24-23(26)22-19(11-12-29-22)25-30(27,28)18-7-5-4-6-8-18/h4-8,11-13,17,25H,9-10H2,1-3H3,(H,24,26). The minimum Gasteiger partial charge on any atom is -0.321 e. The summed E-state index contributed by atoms with van der Waals surface area (Å²) in [5.41, 5.74) is 5.80. The van der Waals surface area contributed by atoms with E-state index in [4.69, 9.17) is 0 Å². The van der Waals surface area contributed by atoms with E-state index in [1.807, 2.05) is 6.92 Å². The first-order valence-electron chi connectivity index (χ1n) is 9.85. The SMILES string of the molecule is Cc1cc(C)c(C2CC2)c(C)c1NC(=O)c1sccc1NS(=O)(=O)c1ccccc1. The molecule has 1 fully saturated rings. The third kappa shape index (κ3) is 4.00. The maximum Gasteiger partial charge on any atom is 0.267 e. The lowest BCUT2D eigenvalue weighted by atomic mass is 9.94. The second-order valence-electron chi connectivity index (χ2n) is 7.73. The lowest BCUT2D eigenvalue weighted by Crippen LogP contribution is -2.18. The molecule has 1 saturated carbocycles. The molecule has 156 valence electrons. The van der Waals surface area contributed by atoms with Crippen LogP contribution in [0.2, 0.25) is 0 Å². The lowest BCUT2D eigenvalue weighted by molar-refractivity contribution is 0.103. The Morgan fingerprint density at radius 1 is 1.03 bits per heavy atom. The van der Waals surface area contributed by atoms with Crippen LogP contribution in [-0.4, -0.2) is 14.3 Å². The predicted molar refractivity (Wildman–Crippen MR) is 122 cm³/mol. The van der Waals surface area contributed by atoms with E-state index >= 15 is 0 Å². The molecule has 7 heteroatoms. The normalized spacial score (nSPS) is 13.8. The number of anilines is 2.